The Bertz CT molecular complexity index is 757. The van der Waals surface area contributed by atoms with Gasteiger partial charge in [-0.2, -0.15) is 9.97 Å². The second-order valence-corrected chi connectivity index (χ2v) is 5.66. The van der Waals surface area contributed by atoms with Gasteiger partial charge in [0.05, 0.1) is 6.33 Å². The monoisotopic (exact) mass is 351 g/mol. The number of nitrogens with one attached hydrogen (secondary N) is 1. The molecule has 0 fully saturated rings. The van der Waals surface area contributed by atoms with Crippen molar-refractivity contribution >= 4 is 44.5 Å². The van der Waals surface area contributed by atoms with Crippen molar-refractivity contribution in [2.75, 3.05) is 11.9 Å². The summed E-state index contributed by atoms with van der Waals surface area (Å²) in [4.78, 5) is 17.5. The molecular weight excluding hydrogens is 342 g/mol. The van der Waals surface area contributed by atoms with Crippen molar-refractivity contribution in [3.05, 3.63) is 45.9 Å². The van der Waals surface area contributed by atoms with Crippen molar-refractivity contribution < 1.29 is 0 Å². The summed E-state index contributed by atoms with van der Waals surface area (Å²) in [5.41, 5.74) is 2.53. The third-order valence-corrected chi connectivity index (χ3v) is 3.57. The molecule has 7 heteroatoms. The van der Waals surface area contributed by atoms with Crippen LogP contribution in [0, 0.1) is 0 Å². The molecule has 102 valence electrons. The van der Waals surface area contributed by atoms with E-state index in [1.165, 1.54) is 5.56 Å². The van der Waals surface area contributed by atoms with Gasteiger partial charge in [0.2, 0.25) is 5.28 Å². The minimum atomic E-state index is 0.195. The fraction of sp³-hybridized carbons (Fsp3) is 0.154. The smallest absolute Gasteiger partial charge is 0.226 e. The Morgan fingerprint density at radius 3 is 3.00 bits per heavy atom. The first-order chi connectivity index (χ1) is 9.63. The van der Waals surface area contributed by atoms with E-state index < -0.39 is 0 Å². The van der Waals surface area contributed by atoms with Gasteiger partial charge in [-0.15, -0.1) is 0 Å². The summed E-state index contributed by atoms with van der Waals surface area (Å²) in [6.07, 6.45) is 1.59. The average Bonchev–Trinajstić information content (AvgIpc) is 2.85. The summed E-state index contributed by atoms with van der Waals surface area (Å²) in [5.74, 6) is 0.734. The topological polar surface area (TPSA) is 57.7 Å². The van der Waals surface area contributed by atoms with Crippen molar-refractivity contribution in [3.63, 3.8) is 0 Å². The Hall–Kier alpha value is -1.66. The third kappa shape index (κ3) is 2.62. The number of fused-ring (bicyclic) bond motifs is 1. The van der Waals surface area contributed by atoms with Crippen molar-refractivity contribution in [2.24, 2.45) is 0 Å². The van der Waals surface area contributed by atoms with Gasteiger partial charge < -0.3 is 9.88 Å². The molecule has 0 amide bonds. The van der Waals surface area contributed by atoms with Crippen molar-refractivity contribution in [3.8, 4) is 0 Å². The van der Waals surface area contributed by atoms with Crippen LogP contribution in [0.4, 0.5) is 5.82 Å². The summed E-state index contributed by atoms with van der Waals surface area (Å²) in [7, 11) is 1.96. The first-order valence-corrected chi connectivity index (χ1v) is 7.13. The highest BCUT2D eigenvalue weighted by Crippen LogP contribution is 2.23. The first-order valence-electron chi connectivity index (χ1n) is 5.95. The van der Waals surface area contributed by atoms with Crippen LogP contribution >= 0.6 is 27.5 Å². The number of aromatic amines is 1. The molecule has 0 radical (unpaired) electrons. The average molecular weight is 353 g/mol. The molecule has 1 aromatic carbocycles. The molecule has 0 saturated heterocycles. The minimum Gasteiger partial charge on any atom is -0.353 e. The van der Waals surface area contributed by atoms with Gasteiger partial charge >= 0.3 is 0 Å². The summed E-state index contributed by atoms with van der Waals surface area (Å²) >= 11 is 9.41. The number of nitrogens with zero attached hydrogens (tertiary/aromatic N) is 4. The van der Waals surface area contributed by atoms with Crippen molar-refractivity contribution in [1.82, 2.24) is 19.9 Å². The molecule has 3 aromatic rings. The molecular formula is C13H11BrClN5. The van der Waals surface area contributed by atoms with Gasteiger partial charge in [0.25, 0.3) is 0 Å². The van der Waals surface area contributed by atoms with Gasteiger partial charge in [-0.1, -0.05) is 28.1 Å². The van der Waals surface area contributed by atoms with Crippen LogP contribution in [-0.2, 0) is 6.54 Å². The molecule has 2 aromatic heterocycles. The van der Waals surface area contributed by atoms with Gasteiger partial charge in [-0.3, -0.25) is 0 Å². The van der Waals surface area contributed by atoms with E-state index in [-0.39, 0.29) is 5.28 Å². The lowest BCUT2D eigenvalue weighted by atomic mass is 10.2. The number of hydrogen-bond donors (Lipinski definition) is 1. The van der Waals surface area contributed by atoms with E-state index in [1.807, 2.05) is 24.1 Å². The molecule has 0 aliphatic rings. The minimum absolute atomic E-state index is 0.195. The van der Waals surface area contributed by atoms with E-state index in [2.05, 4.69) is 48.0 Å². The molecule has 0 aliphatic heterocycles. The lowest BCUT2D eigenvalue weighted by molar-refractivity contribution is 0.897. The van der Waals surface area contributed by atoms with Crippen LogP contribution in [0.15, 0.2) is 35.1 Å². The number of benzene rings is 1. The molecule has 2 heterocycles. The highest BCUT2D eigenvalue weighted by atomic mass is 79.9. The molecule has 0 saturated carbocycles. The van der Waals surface area contributed by atoms with Crippen molar-refractivity contribution in [2.45, 2.75) is 6.54 Å². The number of anilines is 1. The van der Waals surface area contributed by atoms with Crippen LogP contribution in [0.3, 0.4) is 0 Å². The van der Waals surface area contributed by atoms with Crippen LogP contribution < -0.4 is 4.90 Å². The lowest BCUT2D eigenvalue weighted by Gasteiger charge is -2.18. The van der Waals surface area contributed by atoms with Gasteiger partial charge in [-0.05, 0) is 29.3 Å². The normalized spacial score (nSPS) is 10.9. The summed E-state index contributed by atoms with van der Waals surface area (Å²) in [6, 6.07) is 8.14. The van der Waals surface area contributed by atoms with Gasteiger partial charge in [0.15, 0.2) is 11.5 Å². The fourth-order valence-corrected chi connectivity index (χ4v) is 2.66. The Morgan fingerprint density at radius 1 is 1.35 bits per heavy atom. The number of rotatable bonds is 3. The van der Waals surface area contributed by atoms with E-state index in [0.717, 1.165) is 15.8 Å². The predicted octanol–water partition coefficient (Wildman–Crippen LogP) is 3.41. The van der Waals surface area contributed by atoms with Gasteiger partial charge in [-0.25, -0.2) is 4.98 Å². The SMILES string of the molecule is CN(Cc1cccc(Br)c1)c1nc(Cl)nc2nc[nH]c12. The number of aromatic nitrogens is 4. The van der Waals surface area contributed by atoms with E-state index in [1.54, 1.807) is 6.33 Å². The Labute approximate surface area is 129 Å². The predicted molar refractivity (Wildman–Crippen MR) is 82.9 cm³/mol. The number of imidazole rings is 1. The fourth-order valence-electron chi connectivity index (χ4n) is 2.05. The number of hydrogen-bond acceptors (Lipinski definition) is 4. The molecule has 1 N–H and O–H groups in total. The summed E-state index contributed by atoms with van der Waals surface area (Å²) < 4.78 is 1.05. The highest BCUT2D eigenvalue weighted by molar-refractivity contribution is 9.10. The van der Waals surface area contributed by atoms with Crippen LogP contribution in [-0.4, -0.2) is 27.0 Å². The molecule has 0 atom stereocenters. The van der Waals surface area contributed by atoms with Crippen LogP contribution in [0.1, 0.15) is 5.56 Å². The zero-order valence-corrected chi connectivity index (χ0v) is 13.0. The zero-order chi connectivity index (χ0) is 14.1. The maximum absolute atomic E-state index is 5.94. The standard InChI is InChI=1S/C13H11BrClN5/c1-20(6-8-3-2-4-9(14)5-8)12-10-11(17-7-16-10)18-13(15)19-12/h2-5,7H,6H2,1H3,(H,16,17,18,19). The number of halogens is 2. The maximum atomic E-state index is 5.94. The quantitative estimate of drug-likeness (QED) is 0.734. The second kappa shape index (κ2) is 5.38. The van der Waals surface area contributed by atoms with E-state index >= 15 is 0 Å². The largest absolute Gasteiger partial charge is 0.353 e. The highest BCUT2D eigenvalue weighted by Gasteiger charge is 2.13. The van der Waals surface area contributed by atoms with Gasteiger partial charge in [0.1, 0.15) is 5.52 Å². The summed E-state index contributed by atoms with van der Waals surface area (Å²) in [6.45, 7) is 0.709. The molecule has 3 rings (SSSR count). The molecule has 0 spiro atoms. The van der Waals surface area contributed by atoms with Gasteiger partial charge in [0, 0.05) is 18.1 Å². The van der Waals surface area contributed by atoms with E-state index in [4.69, 9.17) is 11.6 Å². The Kier molecular flexibility index (Phi) is 3.58. The van der Waals surface area contributed by atoms with Crippen LogP contribution in [0.25, 0.3) is 11.2 Å². The first kappa shape index (κ1) is 13.3. The molecule has 20 heavy (non-hydrogen) atoms. The van der Waals surface area contributed by atoms with E-state index in [9.17, 15) is 0 Å². The zero-order valence-electron chi connectivity index (χ0n) is 10.6. The van der Waals surface area contributed by atoms with Crippen molar-refractivity contribution in [1.29, 1.82) is 0 Å². The molecule has 5 nitrogen and oxygen atoms in total. The van der Waals surface area contributed by atoms with Crippen LogP contribution in [0.2, 0.25) is 5.28 Å². The number of H-pyrrole nitrogens is 1. The Balaban J connectivity index is 1.96. The molecule has 0 unspecified atom stereocenters. The lowest BCUT2D eigenvalue weighted by Crippen LogP contribution is -2.18. The molecule has 0 bridgehead atoms. The molecule has 0 aliphatic carbocycles. The Morgan fingerprint density at radius 2 is 2.20 bits per heavy atom. The van der Waals surface area contributed by atoms with Crippen LogP contribution in [0.5, 0.6) is 0 Å². The van der Waals surface area contributed by atoms with E-state index in [0.29, 0.717) is 12.2 Å². The summed E-state index contributed by atoms with van der Waals surface area (Å²) in [5, 5.41) is 0.195. The second-order valence-electron chi connectivity index (χ2n) is 4.40. The maximum Gasteiger partial charge on any atom is 0.226 e. The third-order valence-electron chi connectivity index (χ3n) is 2.91.